The third kappa shape index (κ3) is 3.72. The smallest absolute Gasteiger partial charge is 0.200 e. The first-order valence-electron chi connectivity index (χ1n) is 4.85. The standard InChI is InChI=1S/C8H4BrF13/c9-8(21,22)7(19,20)6(17,18)5(15,16)3(10,11)1-2-4(12,13)14/h1-2H2. The first-order valence-corrected chi connectivity index (χ1v) is 5.65. The molecule has 0 nitrogen and oxygen atoms in total. The summed E-state index contributed by atoms with van der Waals surface area (Å²) in [5, 5.41) is 0. The van der Waals surface area contributed by atoms with Crippen LogP contribution in [0, 0.1) is 0 Å². The molecule has 0 aromatic rings. The average molecular weight is 427 g/mol. The second-order valence-corrected chi connectivity index (χ2v) is 5.04. The molecule has 0 N–H and O–H groups in total. The lowest BCUT2D eigenvalue weighted by atomic mass is 9.95. The zero-order valence-corrected chi connectivity index (χ0v) is 11.3. The molecule has 0 saturated heterocycles. The van der Waals surface area contributed by atoms with Crippen LogP contribution in [0.25, 0.3) is 0 Å². The minimum atomic E-state index is -7.35. The van der Waals surface area contributed by atoms with Crippen LogP contribution in [0.4, 0.5) is 57.1 Å². The maximum Gasteiger partial charge on any atom is 0.389 e. The molecule has 0 aromatic heterocycles. The van der Waals surface area contributed by atoms with Crippen LogP contribution in [-0.4, -0.2) is 34.7 Å². The summed E-state index contributed by atoms with van der Waals surface area (Å²) in [7, 11) is 0. The monoisotopic (exact) mass is 426 g/mol. The highest BCUT2D eigenvalue weighted by Crippen LogP contribution is 2.59. The van der Waals surface area contributed by atoms with E-state index in [2.05, 4.69) is 0 Å². The molecule has 0 bridgehead atoms. The van der Waals surface area contributed by atoms with E-state index in [4.69, 9.17) is 0 Å². The van der Waals surface area contributed by atoms with Crippen molar-refractivity contribution in [1.82, 2.24) is 0 Å². The largest absolute Gasteiger partial charge is 0.389 e. The molecule has 0 aliphatic rings. The molecule has 22 heavy (non-hydrogen) atoms. The molecule has 0 unspecified atom stereocenters. The van der Waals surface area contributed by atoms with Crippen LogP contribution in [0.2, 0.25) is 0 Å². The second kappa shape index (κ2) is 5.58. The Kier molecular flexibility index (Phi) is 5.47. The zero-order valence-electron chi connectivity index (χ0n) is 9.71. The molecule has 14 heteroatoms. The fourth-order valence-electron chi connectivity index (χ4n) is 1.06. The fourth-order valence-corrected chi connectivity index (χ4v) is 1.31. The molecule has 0 spiro atoms. The number of alkyl halides is 14. The van der Waals surface area contributed by atoms with Crippen LogP contribution in [0.1, 0.15) is 12.8 Å². The topological polar surface area (TPSA) is 0 Å². The summed E-state index contributed by atoms with van der Waals surface area (Å²) in [6, 6.07) is 0. The van der Waals surface area contributed by atoms with Gasteiger partial charge in [0.1, 0.15) is 0 Å². The number of halogens is 14. The lowest BCUT2D eigenvalue weighted by Gasteiger charge is -2.38. The maximum absolute atomic E-state index is 12.9. The van der Waals surface area contributed by atoms with E-state index in [1.807, 2.05) is 0 Å². The Bertz CT molecular complexity index is 390. The highest BCUT2D eigenvalue weighted by Gasteiger charge is 2.85. The van der Waals surface area contributed by atoms with Gasteiger partial charge in [-0.15, -0.1) is 0 Å². The van der Waals surface area contributed by atoms with Gasteiger partial charge in [0.2, 0.25) is 0 Å². The van der Waals surface area contributed by atoms with Gasteiger partial charge < -0.3 is 0 Å². The Morgan fingerprint density at radius 1 is 0.500 bits per heavy atom. The number of hydrogen-bond donors (Lipinski definition) is 0. The first-order chi connectivity index (χ1) is 9.21. The lowest BCUT2D eigenvalue weighted by Crippen LogP contribution is -2.66. The van der Waals surface area contributed by atoms with Crippen LogP contribution in [0.3, 0.4) is 0 Å². The third-order valence-electron chi connectivity index (χ3n) is 2.33. The predicted molar refractivity (Wildman–Crippen MR) is 49.0 cm³/mol. The van der Waals surface area contributed by atoms with Crippen molar-refractivity contribution in [1.29, 1.82) is 0 Å². The van der Waals surface area contributed by atoms with Gasteiger partial charge in [0.15, 0.2) is 0 Å². The number of hydrogen-bond acceptors (Lipinski definition) is 0. The summed E-state index contributed by atoms with van der Waals surface area (Å²) >= 11 is 0.644. The van der Waals surface area contributed by atoms with E-state index in [1.54, 1.807) is 0 Å². The molecule has 0 aliphatic carbocycles. The number of rotatable bonds is 6. The molecule has 0 rings (SSSR count). The van der Waals surface area contributed by atoms with E-state index >= 15 is 0 Å². The van der Waals surface area contributed by atoms with Crippen LogP contribution < -0.4 is 0 Å². The average Bonchev–Trinajstić information content (AvgIpc) is 2.23. The summed E-state index contributed by atoms with van der Waals surface area (Å²) in [5.41, 5.74) is 0. The van der Waals surface area contributed by atoms with Crippen LogP contribution in [-0.2, 0) is 0 Å². The SMILES string of the molecule is FC(F)(F)CCC(F)(F)C(F)(F)C(F)(F)C(F)(F)C(F)(F)Br. The molecule has 0 aromatic carbocycles. The third-order valence-corrected chi connectivity index (χ3v) is 2.82. The molecule has 0 atom stereocenters. The van der Waals surface area contributed by atoms with Gasteiger partial charge in [-0.3, -0.25) is 0 Å². The van der Waals surface area contributed by atoms with Crippen molar-refractivity contribution < 1.29 is 57.1 Å². The Labute approximate surface area is 121 Å². The highest BCUT2D eigenvalue weighted by molar-refractivity contribution is 9.10. The summed E-state index contributed by atoms with van der Waals surface area (Å²) in [6.45, 7) is 0. The van der Waals surface area contributed by atoms with E-state index < -0.39 is 47.5 Å². The molecule has 0 heterocycles. The van der Waals surface area contributed by atoms with E-state index in [1.165, 1.54) is 0 Å². The van der Waals surface area contributed by atoms with E-state index in [-0.39, 0.29) is 0 Å². The molecular formula is C8H4BrF13. The summed E-state index contributed by atoms with van der Waals surface area (Å²) < 4.78 is 162. The van der Waals surface area contributed by atoms with E-state index in [9.17, 15) is 57.1 Å². The van der Waals surface area contributed by atoms with Crippen molar-refractivity contribution >= 4 is 15.9 Å². The molecular weight excluding hydrogens is 423 g/mol. The normalized spacial score (nSPS) is 16.1. The van der Waals surface area contributed by atoms with Crippen LogP contribution in [0.15, 0.2) is 0 Å². The van der Waals surface area contributed by atoms with Crippen molar-refractivity contribution in [3.05, 3.63) is 0 Å². The van der Waals surface area contributed by atoms with Crippen molar-refractivity contribution in [2.24, 2.45) is 0 Å². The highest BCUT2D eigenvalue weighted by atomic mass is 79.9. The van der Waals surface area contributed by atoms with Gasteiger partial charge in [-0.1, -0.05) is 0 Å². The second-order valence-electron chi connectivity index (χ2n) is 4.04. The maximum atomic E-state index is 12.9. The molecule has 0 saturated carbocycles. The zero-order chi connectivity index (χ0) is 18.4. The Morgan fingerprint density at radius 3 is 1.14 bits per heavy atom. The van der Waals surface area contributed by atoms with Crippen molar-refractivity contribution in [2.45, 2.75) is 47.5 Å². The molecule has 134 valence electrons. The minimum Gasteiger partial charge on any atom is -0.200 e. The van der Waals surface area contributed by atoms with Gasteiger partial charge in [-0.25, -0.2) is 0 Å². The van der Waals surface area contributed by atoms with Crippen molar-refractivity contribution in [3.8, 4) is 0 Å². The summed E-state index contributed by atoms with van der Waals surface area (Å²) in [4.78, 5) is -6.02. The Morgan fingerprint density at radius 2 is 0.864 bits per heavy atom. The fraction of sp³-hybridized carbons (Fsp3) is 1.00. The molecule has 0 fully saturated rings. The summed E-state index contributed by atoms with van der Waals surface area (Å²) in [6.07, 6.45) is -11.2. The quantitative estimate of drug-likeness (QED) is 0.368. The van der Waals surface area contributed by atoms with Crippen molar-refractivity contribution in [3.63, 3.8) is 0 Å². The molecule has 0 amide bonds. The van der Waals surface area contributed by atoms with Crippen molar-refractivity contribution in [2.75, 3.05) is 0 Å². The molecule has 0 radical (unpaired) electrons. The minimum absolute atomic E-state index is 0.644. The molecule has 0 aliphatic heterocycles. The van der Waals surface area contributed by atoms with Gasteiger partial charge in [0.05, 0.1) is 0 Å². The first kappa shape index (κ1) is 21.6. The Hall–Kier alpha value is -0.430. The van der Waals surface area contributed by atoms with Gasteiger partial charge in [-0.2, -0.15) is 57.1 Å². The van der Waals surface area contributed by atoms with E-state index in [0.717, 1.165) is 0 Å². The van der Waals surface area contributed by atoms with Gasteiger partial charge in [0.25, 0.3) is 0 Å². The van der Waals surface area contributed by atoms with Gasteiger partial charge in [0, 0.05) is 12.8 Å². The lowest BCUT2D eigenvalue weighted by molar-refractivity contribution is -0.389. The van der Waals surface area contributed by atoms with Gasteiger partial charge >= 0.3 is 34.7 Å². The Balaban J connectivity index is 5.69. The van der Waals surface area contributed by atoms with Gasteiger partial charge in [-0.05, 0) is 15.9 Å². The van der Waals surface area contributed by atoms with Crippen LogP contribution in [0.5, 0.6) is 0 Å². The predicted octanol–water partition coefficient (Wildman–Crippen LogP) is 5.86. The van der Waals surface area contributed by atoms with E-state index in [0.29, 0.717) is 15.9 Å². The summed E-state index contributed by atoms with van der Waals surface area (Å²) in [5.74, 6) is -27.9. The van der Waals surface area contributed by atoms with Crippen LogP contribution >= 0.6 is 15.9 Å².